The van der Waals surface area contributed by atoms with E-state index in [2.05, 4.69) is 5.18 Å². The molecule has 1 aromatic rings. The Morgan fingerprint density at radius 2 is 2.00 bits per heavy atom. The van der Waals surface area contributed by atoms with Gasteiger partial charge < -0.3 is 0 Å². The zero-order valence-corrected chi connectivity index (χ0v) is 6.53. The van der Waals surface area contributed by atoms with E-state index in [-0.39, 0.29) is 6.04 Å². The molecule has 2 heteroatoms. The molecular formula is C9H11NO. The van der Waals surface area contributed by atoms with E-state index in [0.717, 1.165) is 12.0 Å². The van der Waals surface area contributed by atoms with Crippen molar-refractivity contribution in [3.63, 3.8) is 0 Å². The average Bonchev–Trinajstić information content (AvgIpc) is 2.09. The largest absolute Gasteiger partial charge is 0.150 e. The Labute approximate surface area is 66.2 Å². The van der Waals surface area contributed by atoms with Gasteiger partial charge in [-0.05, 0) is 12.0 Å². The first-order valence-corrected chi connectivity index (χ1v) is 3.76. The van der Waals surface area contributed by atoms with Gasteiger partial charge in [0.05, 0.1) is 0 Å². The van der Waals surface area contributed by atoms with Crippen molar-refractivity contribution in [3.8, 4) is 0 Å². The molecule has 0 aromatic heterocycles. The number of nitroso groups, excluding NO2 is 1. The molecule has 0 heterocycles. The van der Waals surface area contributed by atoms with Crippen molar-refractivity contribution in [2.45, 2.75) is 19.4 Å². The first-order chi connectivity index (χ1) is 5.38. The van der Waals surface area contributed by atoms with Crippen molar-refractivity contribution >= 4 is 0 Å². The van der Waals surface area contributed by atoms with E-state index in [9.17, 15) is 4.91 Å². The molecule has 0 fully saturated rings. The summed E-state index contributed by atoms with van der Waals surface area (Å²) in [6, 6.07) is 9.45. The summed E-state index contributed by atoms with van der Waals surface area (Å²) in [6.45, 7) is 1.96. The van der Waals surface area contributed by atoms with E-state index in [1.54, 1.807) is 0 Å². The molecule has 1 atom stereocenters. The third-order valence-corrected chi connectivity index (χ3v) is 1.70. The van der Waals surface area contributed by atoms with Crippen LogP contribution in [-0.4, -0.2) is 0 Å². The Balaban J connectivity index is 2.82. The van der Waals surface area contributed by atoms with Gasteiger partial charge in [-0.1, -0.05) is 42.4 Å². The van der Waals surface area contributed by atoms with E-state index in [1.807, 2.05) is 37.3 Å². The molecule has 0 saturated heterocycles. The average molecular weight is 149 g/mol. The minimum absolute atomic E-state index is 0.170. The van der Waals surface area contributed by atoms with Crippen LogP contribution in [0.1, 0.15) is 24.9 Å². The molecule has 0 radical (unpaired) electrons. The minimum atomic E-state index is -0.170. The zero-order valence-electron chi connectivity index (χ0n) is 6.53. The summed E-state index contributed by atoms with van der Waals surface area (Å²) in [5.74, 6) is 0. The molecule has 0 unspecified atom stereocenters. The second-order valence-electron chi connectivity index (χ2n) is 2.44. The maximum absolute atomic E-state index is 10.3. The van der Waals surface area contributed by atoms with Gasteiger partial charge in [0.15, 0.2) is 0 Å². The predicted octanol–water partition coefficient (Wildman–Crippen LogP) is 2.90. The fraction of sp³-hybridized carbons (Fsp3) is 0.333. The lowest BCUT2D eigenvalue weighted by Crippen LogP contribution is -1.90. The van der Waals surface area contributed by atoms with Gasteiger partial charge in [0, 0.05) is 0 Å². The SMILES string of the molecule is CC[C@@H](N=O)c1ccccc1. The highest BCUT2D eigenvalue weighted by molar-refractivity contribution is 5.18. The van der Waals surface area contributed by atoms with Crippen LogP contribution in [0.15, 0.2) is 35.5 Å². The molecular weight excluding hydrogens is 138 g/mol. The summed E-state index contributed by atoms with van der Waals surface area (Å²) < 4.78 is 0. The lowest BCUT2D eigenvalue weighted by molar-refractivity contribution is 0.695. The molecule has 0 spiro atoms. The van der Waals surface area contributed by atoms with Gasteiger partial charge in [-0.3, -0.25) is 0 Å². The Hall–Kier alpha value is -1.18. The molecule has 2 nitrogen and oxygen atoms in total. The van der Waals surface area contributed by atoms with Crippen LogP contribution in [0.4, 0.5) is 0 Å². The number of hydrogen-bond acceptors (Lipinski definition) is 2. The molecule has 1 aromatic carbocycles. The minimum Gasteiger partial charge on any atom is -0.150 e. The van der Waals surface area contributed by atoms with E-state index in [1.165, 1.54) is 0 Å². The quantitative estimate of drug-likeness (QED) is 0.607. The van der Waals surface area contributed by atoms with E-state index in [4.69, 9.17) is 0 Å². The normalized spacial score (nSPS) is 12.5. The van der Waals surface area contributed by atoms with Crippen molar-refractivity contribution < 1.29 is 0 Å². The number of benzene rings is 1. The van der Waals surface area contributed by atoms with Crippen LogP contribution in [-0.2, 0) is 0 Å². The maximum atomic E-state index is 10.3. The standard InChI is InChI=1S/C9H11NO/c1-2-9(10-11)8-6-4-3-5-7-8/h3-7,9H,2H2,1H3/t9-/m1/s1. The van der Waals surface area contributed by atoms with E-state index >= 15 is 0 Å². The van der Waals surface area contributed by atoms with Crippen molar-refractivity contribution in [2.24, 2.45) is 5.18 Å². The molecule has 0 N–H and O–H groups in total. The van der Waals surface area contributed by atoms with Crippen LogP contribution in [0.5, 0.6) is 0 Å². The Kier molecular flexibility index (Phi) is 2.78. The van der Waals surface area contributed by atoms with Gasteiger partial charge in [0.25, 0.3) is 0 Å². The smallest absolute Gasteiger partial charge is 0.117 e. The summed E-state index contributed by atoms with van der Waals surface area (Å²) in [5.41, 5.74) is 1.00. The van der Waals surface area contributed by atoms with Gasteiger partial charge in [-0.2, -0.15) is 4.91 Å². The lowest BCUT2D eigenvalue weighted by atomic mass is 10.1. The summed E-state index contributed by atoms with van der Waals surface area (Å²) in [4.78, 5) is 10.3. The van der Waals surface area contributed by atoms with Crippen molar-refractivity contribution in [1.29, 1.82) is 0 Å². The maximum Gasteiger partial charge on any atom is 0.117 e. The fourth-order valence-electron chi connectivity index (χ4n) is 1.05. The van der Waals surface area contributed by atoms with Gasteiger partial charge in [-0.15, -0.1) is 0 Å². The lowest BCUT2D eigenvalue weighted by Gasteiger charge is -2.04. The van der Waals surface area contributed by atoms with Crippen LogP contribution in [0.25, 0.3) is 0 Å². The van der Waals surface area contributed by atoms with Crippen molar-refractivity contribution in [3.05, 3.63) is 40.8 Å². The van der Waals surface area contributed by atoms with Gasteiger partial charge >= 0.3 is 0 Å². The Morgan fingerprint density at radius 1 is 1.36 bits per heavy atom. The third kappa shape index (κ3) is 1.87. The van der Waals surface area contributed by atoms with Crippen LogP contribution in [0.3, 0.4) is 0 Å². The van der Waals surface area contributed by atoms with Gasteiger partial charge in [-0.25, -0.2) is 0 Å². The molecule has 0 aliphatic rings. The van der Waals surface area contributed by atoms with Crippen LogP contribution in [0.2, 0.25) is 0 Å². The molecule has 0 amide bonds. The fourth-order valence-corrected chi connectivity index (χ4v) is 1.05. The van der Waals surface area contributed by atoms with Crippen molar-refractivity contribution in [2.75, 3.05) is 0 Å². The second kappa shape index (κ2) is 3.86. The van der Waals surface area contributed by atoms with Crippen LogP contribution in [0, 0.1) is 4.91 Å². The first kappa shape index (κ1) is 7.92. The topological polar surface area (TPSA) is 29.4 Å². The van der Waals surface area contributed by atoms with E-state index in [0.29, 0.717) is 0 Å². The summed E-state index contributed by atoms with van der Waals surface area (Å²) >= 11 is 0. The molecule has 0 aliphatic heterocycles. The molecule has 0 saturated carbocycles. The molecule has 1 rings (SSSR count). The summed E-state index contributed by atoms with van der Waals surface area (Å²) in [6.07, 6.45) is 0.771. The number of nitrogens with zero attached hydrogens (tertiary/aromatic N) is 1. The number of rotatable bonds is 3. The highest BCUT2D eigenvalue weighted by atomic mass is 16.3. The summed E-state index contributed by atoms with van der Waals surface area (Å²) in [7, 11) is 0. The monoisotopic (exact) mass is 149 g/mol. The third-order valence-electron chi connectivity index (χ3n) is 1.70. The molecule has 0 aliphatic carbocycles. The predicted molar refractivity (Wildman–Crippen MR) is 45.3 cm³/mol. The molecule has 58 valence electrons. The summed E-state index contributed by atoms with van der Waals surface area (Å²) in [5, 5.41) is 3.03. The molecule has 11 heavy (non-hydrogen) atoms. The zero-order chi connectivity index (χ0) is 8.10. The van der Waals surface area contributed by atoms with Crippen molar-refractivity contribution in [1.82, 2.24) is 0 Å². The molecule has 0 bridgehead atoms. The van der Waals surface area contributed by atoms with Gasteiger partial charge in [0.2, 0.25) is 0 Å². The van der Waals surface area contributed by atoms with Crippen LogP contribution >= 0.6 is 0 Å². The Bertz CT molecular complexity index is 220. The highest BCUT2D eigenvalue weighted by Gasteiger charge is 2.06. The Morgan fingerprint density at radius 3 is 2.45 bits per heavy atom. The van der Waals surface area contributed by atoms with Gasteiger partial charge in [0.1, 0.15) is 6.04 Å². The highest BCUT2D eigenvalue weighted by Crippen LogP contribution is 2.19. The first-order valence-electron chi connectivity index (χ1n) is 3.76. The second-order valence-corrected chi connectivity index (χ2v) is 2.44. The number of hydrogen-bond donors (Lipinski definition) is 0. The van der Waals surface area contributed by atoms with Crippen LogP contribution < -0.4 is 0 Å². The van der Waals surface area contributed by atoms with E-state index < -0.39 is 0 Å².